The van der Waals surface area contributed by atoms with E-state index in [0.717, 1.165) is 17.9 Å². The SMILES string of the molecule is CC1=NC(C)(C)CN1C.Cc1ccc(C(=O)O)c(C(=O)O)c1. The van der Waals surface area contributed by atoms with Crippen LogP contribution in [0, 0.1) is 6.92 Å². The number of rotatable bonds is 2. The van der Waals surface area contributed by atoms with Gasteiger partial charge in [0.2, 0.25) is 0 Å². The molecule has 120 valence electrons. The third kappa shape index (κ3) is 4.58. The first-order valence-corrected chi connectivity index (χ1v) is 6.88. The molecule has 0 saturated carbocycles. The number of benzene rings is 1. The van der Waals surface area contributed by atoms with E-state index in [1.165, 1.54) is 12.1 Å². The van der Waals surface area contributed by atoms with Crippen molar-refractivity contribution in [2.45, 2.75) is 33.2 Å². The van der Waals surface area contributed by atoms with Crippen LogP contribution in [-0.4, -0.2) is 52.0 Å². The van der Waals surface area contributed by atoms with Gasteiger partial charge >= 0.3 is 11.9 Å². The molecule has 0 fully saturated rings. The van der Waals surface area contributed by atoms with Gasteiger partial charge < -0.3 is 15.1 Å². The number of carboxylic acids is 2. The van der Waals surface area contributed by atoms with Gasteiger partial charge in [-0.05, 0) is 39.8 Å². The van der Waals surface area contributed by atoms with Gasteiger partial charge in [-0.2, -0.15) is 0 Å². The second-order valence-corrected chi connectivity index (χ2v) is 5.99. The Bertz CT molecular complexity index is 621. The number of likely N-dealkylation sites (N-methyl/N-ethyl adjacent to an activating group) is 1. The van der Waals surface area contributed by atoms with E-state index in [4.69, 9.17) is 10.2 Å². The first-order chi connectivity index (χ1) is 10.0. The molecule has 1 aromatic carbocycles. The molecule has 2 N–H and O–H groups in total. The smallest absolute Gasteiger partial charge is 0.336 e. The van der Waals surface area contributed by atoms with Crippen molar-refractivity contribution in [3.63, 3.8) is 0 Å². The Hall–Kier alpha value is -2.37. The zero-order chi connectivity index (χ0) is 17.1. The van der Waals surface area contributed by atoms with Crippen molar-refractivity contribution < 1.29 is 19.8 Å². The van der Waals surface area contributed by atoms with Gasteiger partial charge in [0, 0.05) is 13.6 Å². The first-order valence-electron chi connectivity index (χ1n) is 6.88. The normalized spacial score (nSPS) is 15.7. The predicted octanol–water partition coefficient (Wildman–Crippen LogP) is 2.52. The molecular formula is C16H22N2O4. The number of aromatic carboxylic acids is 2. The molecule has 0 bridgehead atoms. The van der Waals surface area contributed by atoms with Crippen LogP contribution < -0.4 is 0 Å². The van der Waals surface area contributed by atoms with Crippen molar-refractivity contribution in [2.24, 2.45) is 4.99 Å². The Balaban J connectivity index is 0.000000235. The third-order valence-corrected chi connectivity index (χ3v) is 3.28. The molecule has 0 amide bonds. The summed E-state index contributed by atoms with van der Waals surface area (Å²) in [5.74, 6) is -1.29. The Kier molecular flexibility index (Phi) is 5.30. The number of amidine groups is 1. The fourth-order valence-electron chi connectivity index (χ4n) is 2.28. The molecule has 22 heavy (non-hydrogen) atoms. The first kappa shape index (κ1) is 17.7. The van der Waals surface area contributed by atoms with Crippen molar-refractivity contribution in [1.82, 2.24) is 4.90 Å². The van der Waals surface area contributed by atoms with Crippen LogP contribution in [0.5, 0.6) is 0 Å². The summed E-state index contributed by atoms with van der Waals surface area (Å²) in [6.07, 6.45) is 0. The maximum atomic E-state index is 10.6. The van der Waals surface area contributed by atoms with Gasteiger partial charge in [-0.25, -0.2) is 9.59 Å². The Morgan fingerprint density at radius 1 is 1.14 bits per heavy atom. The van der Waals surface area contributed by atoms with Crippen LogP contribution in [0.25, 0.3) is 0 Å². The van der Waals surface area contributed by atoms with Crippen LogP contribution in [0.15, 0.2) is 23.2 Å². The zero-order valence-electron chi connectivity index (χ0n) is 13.5. The lowest BCUT2D eigenvalue weighted by molar-refractivity contribution is 0.0651. The third-order valence-electron chi connectivity index (χ3n) is 3.28. The van der Waals surface area contributed by atoms with E-state index in [0.29, 0.717) is 0 Å². The Morgan fingerprint density at radius 3 is 2.00 bits per heavy atom. The highest BCUT2D eigenvalue weighted by Crippen LogP contribution is 2.17. The molecule has 0 radical (unpaired) electrons. The lowest BCUT2D eigenvalue weighted by atomic mass is 10.0. The molecule has 1 heterocycles. The number of hydrogen-bond acceptors (Lipinski definition) is 4. The molecule has 1 aromatic rings. The molecule has 6 nitrogen and oxygen atoms in total. The van der Waals surface area contributed by atoms with Gasteiger partial charge in [0.1, 0.15) is 0 Å². The van der Waals surface area contributed by atoms with Crippen LogP contribution >= 0.6 is 0 Å². The number of hydrogen-bond donors (Lipinski definition) is 2. The second-order valence-electron chi connectivity index (χ2n) is 5.99. The topological polar surface area (TPSA) is 90.2 Å². The minimum absolute atomic E-state index is 0.152. The van der Waals surface area contributed by atoms with Crippen LogP contribution in [0.2, 0.25) is 0 Å². The molecule has 2 rings (SSSR count). The van der Waals surface area contributed by atoms with E-state index in [2.05, 4.69) is 37.7 Å². The second kappa shape index (κ2) is 6.60. The average Bonchev–Trinajstić information content (AvgIpc) is 2.61. The van der Waals surface area contributed by atoms with Crippen molar-refractivity contribution in [3.05, 3.63) is 34.9 Å². The molecule has 0 spiro atoms. The van der Waals surface area contributed by atoms with E-state index >= 15 is 0 Å². The van der Waals surface area contributed by atoms with E-state index in [1.54, 1.807) is 13.0 Å². The van der Waals surface area contributed by atoms with E-state index in [1.807, 2.05) is 0 Å². The molecule has 0 unspecified atom stereocenters. The molecule has 0 saturated heterocycles. The van der Waals surface area contributed by atoms with Crippen LogP contribution in [-0.2, 0) is 0 Å². The van der Waals surface area contributed by atoms with Crippen LogP contribution in [0.3, 0.4) is 0 Å². The quantitative estimate of drug-likeness (QED) is 0.876. The Morgan fingerprint density at radius 2 is 1.68 bits per heavy atom. The average molecular weight is 306 g/mol. The summed E-state index contributed by atoms with van der Waals surface area (Å²) in [7, 11) is 2.08. The molecule has 1 aliphatic rings. The minimum atomic E-state index is -1.22. The lowest BCUT2D eigenvalue weighted by Crippen LogP contribution is -2.27. The largest absolute Gasteiger partial charge is 0.478 e. The summed E-state index contributed by atoms with van der Waals surface area (Å²) in [5.41, 5.74) is 0.520. The minimum Gasteiger partial charge on any atom is -0.478 e. The highest BCUT2D eigenvalue weighted by atomic mass is 16.4. The predicted molar refractivity (Wildman–Crippen MR) is 84.9 cm³/mol. The van der Waals surface area contributed by atoms with Crippen molar-refractivity contribution in [1.29, 1.82) is 0 Å². The van der Waals surface area contributed by atoms with E-state index < -0.39 is 11.9 Å². The molecule has 1 aliphatic heterocycles. The maximum absolute atomic E-state index is 10.6. The molecule has 0 atom stereocenters. The molecular weight excluding hydrogens is 284 g/mol. The Labute approximate surface area is 130 Å². The number of nitrogens with zero attached hydrogens (tertiary/aromatic N) is 2. The highest BCUT2D eigenvalue weighted by Gasteiger charge is 2.25. The summed E-state index contributed by atoms with van der Waals surface area (Å²) in [4.78, 5) is 27.8. The highest BCUT2D eigenvalue weighted by molar-refractivity contribution is 6.01. The summed E-state index contributed by atoms with van der Waals surface area (Å²) in [6, 6.07) is 4.20. The number of aryl methyl sites for hydroxylation is 1. The molecule has 0 aliphatic carbocycles. The number of aliphatic imine (C=N–C) groups is 1. The summed E-state index contributed by atoms with van der Waals surface area (Å²) in [6.45, 7) is 9.12. The summed E-state index contributed by atoms with van der Waals surface area (Å²) < 4.78 is 0. The van der Waals surface area contributed by atoms with Crippen LogP contribution in [0.4, 0.5) is 0 Å². The van der Waals surface area contributed by atoms with Gasteiger partial charge in [0.25, 0.3) is 0 Å². The van der Waals surface area contributed by atoms with Gasteiger partial charge in [-0.15, -0.1) is 0 Å². The van der Waals surface area contributed by atoms with Crippen molar-refractivity contribution >= 4 is 17.8 Å². The van der Waals surface area contributed by atoms with Crippen molar-refractivity contribution in [3.8, 4) is 0 Å². The summed E-state index contributed by atoms with van der Waals surface area (Å²) >= 11 is 0. The van der Waals surface area contributed by atoms with Crippen LogP contribution in [0.1, 0.15) is 47.1 Å². The van der Waals surface area contributed by atoms with Gasteiger partial charge in [-0.1, -0.05) is 11.6 Å². The fourth-order valence-corrected chi connectivity index (χ4v) is 2.28. The number of carbonyl (C=O) groups is 2. The maximum Gasteiger partial charge on any atom is 0.336 e. The molecule has 0 aromatic heterocycles. The molecule has 6 heteroatoms. The monoisotopic (exact) mass is 306 g/mol. The summed E-state index contributed by atoms with van der Waals surface area (Å²) in [5, 5.41) is 17.3. The van der Waals surface area contributed by atoms with Gasteiger partial charge in [-0.3, -0.25) is 4.99 Å². The van der Waals surface area contributed by atoms with Gasteiger partial charge in [0.05, 0.1) is 22.5 Å². The fraction of sp³-hybridized carbons (Fsp3) is 0.438. The standard InChI is InChI=1S/C9H8O4.C7H14N2/c1-5-2-3-6(8(10)11)7(4-5)9(12)13;1-6-8-7(2,3)5-9(6)4/h2-4H,1H3,(H,10,11)(H,12,13);5H2,1-4H3. The zero-order valence-corrected chi connectivity index (χ0v) is 13.5. The van der Waals surface area contributed by atoms with E-state index in [9.17, 15) is 9.59 Å². The van der Waals surface area contributed by atoms with Gasteiger partial charge in [0.15, 0.2) is 0 Å². The van der Waals surface area contributed by atoms with E-state index in [-0.39, 0.29) is 16.7 Å². The number of carboxylic acid groups (broad SMARTS) is 2. The lowest BCUT2D eigenvalue weighted by Gasteiger charge is -2.15. The van der Waals surface area contributed by atoms with Crippen molar-refractivity contribution in [2.75, 3.05) is 13.6 Å².